The Kier molecular flexibility index (Phi) is 4.53. The lowest BCUT2D eigenvalue weighted by Gasteiger charge is -2.21. The predicted octanol–water partition coefficient (Wildman–Crippen LogP) is 4.33. The summed E-state index contributed by atoms with van der Waals surface area (Å²) in [7, 11) is 1.88. The van der Waals surface area contributed by atoms with Crippen LogP contribution >= 0.6 is 23.2 Å². The maximum atomic E-state index is 10.9. The molecule has 104 valence electrons. The average Bonchev–Trinajstić information content (AvgIpc) is 2.41. The van der Waals surface area contributed by atoms with Crippen LogP contribution in [0.3, 0.4) is 0 Å². The molecule has 0 bridgehead atoms. The van der Waals surface area contributed by atoms with E-state index in [4.69, 9.17) is 28.3 Å². The van der Waals surface area contributed by atoms with Crippen LogP contribution in [0.4, 0.5) is 5.69 Å². The molecule has 0 atom stereocenters. The van der Waals surface area contributed by atoms with Crippen LogP contribution < -0.4 is 4.90 Å². The molecule has 0 aromatic heterocycles. The summed E-state index contributed by atoms with van der Waals surface area (Å²) in [6.45, 7) is 0.589. The number of aromatic carboxylic acids is 1. The first-order valence-corrected chi connectivity index (χ1v) is 6.72. The second-order valence-electron chi connectivity index (χ2n) is 4.42. The van der Waals surface area contributed by atoms with Crippen molar-refractivity contribution in [2.45, 2.75) is 6.54 Å². The van der Waals surface area contributed by atoms with Crippen LogP contribution in [0.25, 0.3) is 0 Å². The van der Waals surface area contributed by atoms with Gasteiger partial charge in [-0.2, -0.15) is 0 Å². The van der Waals surface area contributed by atoms with Gasteiger partial charge in [-0.3, -0.25) is 0 Å². The summed E-state index contributed by atoms with van der Waals surface area (Å²) in [5, 5.41) is 10.0. The van der Waals surface area contributed by atoms with E-state index in [1.54, 1.807) is 6.07 Å². The minimum Gasteiger partial charge on any atom is -0.478 e. The second-order valence-corrected chi connectivity index (χ2v) is 5.23. The van der Waals surface area contributed by atoms with Crippen molar-refractivity contribution >= 4 is 34.9 Å². The number of hydrogen-bond acceptors (Lipinski definition) is 2. The van der Waals surface area contributed by atoms with Gasteiger partial charge in [0, 0.05) is 18.6 Å². The Bertz CT molecular complexity index is 644. The van der Waals surface area contributed by atoms with Crippen molar-refractivity contribution in [3.05, 3.63) is 63.6 Å². The fourth-order valence-corrected chi connectivity index (χ4v) is 2.44. The van der Waals surface area contributed by atoms with Gasteiger partial charge in [-0.05, 0) is 29.8 Å². The largest absolute Gasteiger partial charge is 0.478 e. The molecule has 0 aliphatic heterocycles. The number of hydrogen-bond donors (Lipinski definition) is 1. The van der Waals surface area contributed by atoms with Gasteiger partial charge in [0.05, 0.1) is 16.3 Å². The van der Waals surface area contributed by atoms with Crippen molar-refractivity contribution in [2.24, 2.45) is 0 Å². The zero-order chi connectivity index (χ0) is 14.7. The first-order chi connectivity index (χ1) is 9.49. The van der Waals surface area contributed by atoms with Gasteiger partial charge in [0.1, 0.15) is 0 Å². The summed E-state index contributed by atoms with van der Waals surface area (Å²) in [4.78, 5) is 12.8. The molecule has 20 heavy (non-hydrogen) atoms. The zero-order valence-electron chi connectivity index (χ0n) is 10.8. The lowest BCUT2D eigenvalue weighted by molar-refractivity contribution is 0.0697. The Morgan fingerprint density at radius 3 is 2.45 bits per heavy atom. The minimum atomic E-state index is -0.993. The topological polar surface area (TPSA) is 40.5 Å². The minimum absolute atomic E-state index is 0.171. The summed E-state index contributed by atoms with van der Waals surface area (Å²) in [5.74, 6) is -0.993. The van der Waals surface area contributed by atoms with E-state index in [0.717, 1.165) is 11.3 Å². The predicted molar refractivity (Wildman–Crippen MR) is 82.0 cm³/mol. The Morgan fingerprint density at radius 2 is 1.85 bits per heavy atom. The summed E-state index contributed by atoms with van der Waals surface area (Å²) >= 11 is 12.3. The van der Waals surface area contributed by atoms with Crippen molar-refractivity contribution < 1.29 is 9.90 Å². The molecule has 0 spiro atoms. The van der Waals surface area contributed by atoms with E-state index in [1.807, 2.05) is 36.2 Å². The number of nitrogens with zero attached hydrogens (tertiary/aromatic N) is 1. The molecule has 0 saturated carbocycles. The van der Waals surface area contributed by atoms with E-state index in [1.165, 1.54) is 12.1 Å². The number of benzene rings is 2. The van der Waals surface area contributed by atoms with E-state index in [9.17, 15) is 4.79 Å². The van der Waals surface area contributed by atoms with Crippen LogP contribution in [-0.2, 0) is 6.54 Å². The Morgan fingerprint density at radius 1 is 1.15 bits per heavy atom. The highest BCUT2D eigenvalue weighted by atomic mass is 35.5. The van der Waals surface area contributed by atoms with Gasteiger partial charge >= 0.3 is 5.97 Å². The monoisotopic (exact) mass is 309 g/mol. The molecule has 1 N–H and O–H groups in total. The number of rotatable bonds is 4. The molecular formula is C15H13Cl2NO2. The van der Waals surface area contributed by atoms with E-state index in [-0.39, 0.29) is 5.56 Å². The number of carbonyl (C=O) groups is 1. The highest BCUT2D eigenvalue weighted by Gasteiger charge is 2.11. The summed E-state index contributed by atoms with van der Waals surface area (Å²) in [6, 6.07) is 12.3. The molecule has 0 fully saturated rings. The SMILES string of the molecule is CN(Cc1ccccc1Cl)c1ccc(C(=O)O)cc1Cl. The lowest BCUT2D eigenvalue weighted by Crippen LogP contribution is -2.17. The third kappa shape index (κ3) is 3.24. The summed E-state index contributed by atoms with van der Waals surface area (Å²) in [5.41, 5.74) is 1.91. The molecule has 2 aromatic rings. The van der Waals surface area contributed by atoms with Gasteiger partial charge in [0.25, 0.3) is 0 Å². The van der Waals surface area contributed by atoms with Gasteiger partial charge in [-0.25, -0.2) is 4.79 Å². The molecule has 0 radical (unpaired) electrons. The van der Waals surface area contributed by atoms with Crippen LogP contribution in [0.2, 0.25) is 10.0 Å². The van der Waals surface area contributed by atoms with Gasteiger partial charge in [-0.1, -0.05) is 41.4 Å². The number of halogens is 2. The van der Waals surface area contributed by atoms with Crippen LogP contribution in [0.5, 0.6) is 0 Å². The van der Waals surface area contributed by atoms with E-state index in [0.29, 0.717) is 16.6 Å². The summed E-state index contributed by atoms with van der Waals surface area (Å²) in [6.07, 6.45) is 0. The third-order valence-corrected chi connectivity index (χ3v) is 3.64. The smallest absolute Gasteiger partial charge is 0.335 e. The zero-order valence-corrected chi connectivity index (χ0v) is 12.3. The van der Waals surface area contributed by atoms with Gasteiger partial charge in [-0.15, -0.1) is 0 Å². The fraction of sp³-hybridized carbons (Fsp3) is 0.133. The Labute approximate surface area is 127 Å². The van der Waals surface area contributed by atoms with Crippen LogP contribution in [0.15, 0.2) is 42.5 Å². The maximum absolute atomic E-state index is 10.9. The van der Waals surface area contributed by atoms with Crippen molar-refractivity contribution in [1.29, 1.82) is 0 Å². The fourth-order valence-electron chi connectivity index (χ4n) is 1.92. The Hall–Kier alpha value is -1.71. The average molecular weight is 310 g/mol. The van der Waals surface area contributed by atoms with E-state index < -0.39 is 5.97 Å². The third-order valence-electron chi connectivity index (χ3n) is 2.97. The van der Waals surface area contributed by atoms with E-state index >= 15 is 0 Å². The normalized spacial score (nSPS) is 10.3. The molecule has 2 rings (SSSR count). The highest BCUT2D eigenvalue weighted by molar-refractivity contribution is 6.33. The summed E-state index contributed by atoms with van der Waals surface area (Å²) < 4.78 is 0. The Balaban J connectivity index is 2.23. The standard InChI is InChI=1S/C15H13Cl2NO2/c1-18(9-11-4-2-3-5-12(11)16)14-7-6-10(15(19)20)8-13(14)17/h2-8H,9H2,1H3,(H,19,20). The number of anilines is 1. The van der Waals surface area contributed by atoms with Crippen LogP contribution in [0, 0.1) is 0 Å². The molecule has 0 aliphatic rings. The lowest BCUT2D eigenvalue weighted by atomic mass is 10.1. The molecule has 0 amide bonds. The molecule has 2 aromatic carbocycles. The van der Waals surface area contributed by atoms with Gasteiger partial charge in [0.15, 0.2) is 0 Å². The quantitative estimate of drug-likeness (QED) is 0.914. The molecule has 0 saturated heterocycles. The van der Waals surface area contributed by atoms with Crippen LogP contribution in [0.1, 0.15) is 15.9 Å². The first kappa shape index (κ1) is 14.7. The molecule has 0 heterocycles. The van der Waals surface area contributed by atoms with Gasteiger partial charge in [0.2, 0.25) is 0 Å². The first-order valence-electron chi connectivity index (χ1n) is 5.96. The molecule has 0 unspecified atom stereocenters. The van der Waals surface area contributed by atoms with Gasteiger partial charge < -0.3 is 10.0 Å². The van der Waals surface area contributed by atoms with E-state index in [2.05, 4.69) is 0 Å². The highest BCUT2D eigenvalue weighted by Crippen LogP contribution is 2.28. The van der Waals surface area contributed by atoms with Crippen molar-refractivity contribution in [1.82, 2.24) is 0 Å². The van der Waals surface area contributed by atoms with Crippen molar-refractivity contribution in [3.63, 3.8) is 0 Å². The molecular weight excluding hydrogens is 297 g/mol. The van der Waals surface area contributed by atoms with Crippen molar-refractivity contribution in [2.75, 3.05) is 11.9 Å². The molecule has 0 aliphatic carbocycles. The van der Waals surface area contributed by atoms with Crippen molar-refractivity contribution in [3.8, 4) is 0 Å². The second kappa shape index (κ2) is 6.16. The molecule has 5 heteroatoms. The number of carboxylic acid groups (broad SMARTS) is 1. The number of carboxylic acids is 1. The van der Waals surface area contributed by atoms with Crippen LogP contribution in [-0.4, -0.2) is 18.1 Å². The molecule has 3 nitrogen and oxygen atoms in total. The maximum Gasteiger partial charge on any atom is 0.335 e.